The standard InChI is InChI=1S/C23H35NO/c1-17(13-18-7-3-2-4-8-18)24-16-21-9-5-6-10-22(21)25-23-15-19-11-12-20(23)14-19/h5-6,9-10,17-20,23-24H,2-4,7-8,11-16H2,1H3. The first-order valence-corrected chi connectivity index (χ1v) is 10.8. The van der Waals surface area contributed by atoms with Gasteiger partial charge in [-0.1, -0.05) is 50.3 Å². The first-order chi connectivity index (χ1) is 12.3. The maximum absolute atomic E-state index is 6.48. The quantitative estimate of drug-likeness (QED) is 0.686. The normalized spacial score (nSPS) is 30.5. The highest BCUT2D eigenvalue weighted by molar-refractivity contribution is 5.33. The van der Waals surface area contributed by atoms with Gasteiger partial charge in [0.2, 0.25) is 0 Å². The lowest BCUT2D eigenvalue weighted by Gasteiger charge is -2.26. The Morgan fingerprint density at radius 2 is 1.88 bits per heavy atom. The van der Waals surface area contributed by atoms with Crippen molar-refractivity contribution in [3.05, 3.63) is 29.8 Å². The highest BCUT2D eigenvalue weighted by Gasteiger charge is 2.41. The largest absolute Gasteiger partial charge is 0.490 e. The SMILES string of the molecule is CC(CC1CCCCC1)NCc1ccccc1OC1CC2CCC1C2. The summed E-state index contributed by atoms with van der Waals surface area (Å²) in [7, 11) is 0. The number of ether oxygens (including phenoxy) is 1. The number of nitrogens with one attached hydrogen (secondary N) is 1. The van der Waals surface area contributed by atoms with Gasteiger partial charge < -0.3 is 10.1 Å². The van der Waals surface area contributed by atoms with Gasteiger partial charge in [0.05, 0.1) is 0 Å². The number of hydrogen-bond donors (Lipinski definition) is 1. The molecule has 3 aliphatic rings. The Kier molecular flexibility index (Phi) is 5.65. The average Bonchev–Trinajstić information content (AvgIpc) is 3.25. The lowest BCUT2D eigenvalue weighted by Crippen LogP contribution is -2.29. The molecule has 0 radical (unpaired) electrons. The summed E-state index contributed by atoms with van der Waals surface area (Å²) in [4.78, 5) is 0. The van der Waals surface area contributed by atoms with Gasteiger partial charge in [0, 0.05) is 18.2 Å². The van der Waals surface area contributed by atoms with Gasteiger partial charge >= 0.3 is 0 Å². The minimum Gasteiger partial charge on any atom is -0.490 e. The van der Waals surface area contributed by atoms with E-state index >= 15 is 0 Å². The van der Waals surface area contributed by atoms with Gasteiger partial charge in [0.1, 0.15) is 11.9 Å². The number of hydrogen-bond acceptors (Lipinski definition) is 2. The molecule has 0 heterocycles. The van der Waals surface area contributed by atoms with Crippen LogP contribution in [0.25, 0.3) is 0 Å². The predicted octanol–water partition coefficient (Wildman–Crippen LogP) is 5.70. The van der Waals surface area contributed by atoms with E-state index in [4.69, 9.17) is 4.74 Å². The molecule has 0 amide bonds. The van der Waals surface area contributed by atoms with Crippen LogP contribution in [0.3, 0.4) is 0 Å². The molecule has 3 aliphatic carbocycles. The van der Waals surface area contributed by atoms with Crippen molar-refractivity contribution in [3.63, 3.8) is 0 Å². The maximum atomic E-state index is 6.48. The van der Waals surface area contributed by atoms with Gasteiger partial charge in [0.15, 0.2) is 0 Å². The van der Waals surface area contributed by atoms with Gasteiger partial charge in [-0.3, -0.25) is 0 Å². The van der Waals surface area contributed by atoms with Crippen molar-refractivity contribution in [1.82, 2.24) is 5.32 Å². The van der Waals surface area contributed by atoms with Crippen molar-refractivity contribution in [2.24, 2.45) is 17.8 Å². The Labute approximate surface area is 153 Å². The Bertz CT molecular complexity index is 551. The van der Waals surface area contributed by atoms with Crippen LogP contribution in [-0.2, 0) is 6.54 Å². The predicted molar refractivity (Wildman–Crippen MR) is 104 cm³/mol. The molecule has 1 aromatic rings. The summed E-state index contributed by atoms with van der Waals surface area (Å²) in [6, 6.07) is 9.28. The van der Waals surface area contributed by atoms with Crippen LogP contribution in [0.15, 0.2) is 24.3 Å². The molecular formula is C23H35NO. The highest BCUT2D eigenvalue weighted by atomic mass is 16.5. The summed E-state index contributed by atoms with van der Waals surface area (Å²) in [5.74, 6) is 3.82. The van der Waals surface area contributed by atoms with Crippen molar-refractivity contribution in [3.8, 4) is 5.75 Å². The van der Waals surface area contributed by atoms with Gasteiger partial charge in [-0.15, -0.1) is 0 Å². The van der Waals surface area contributed by atoms with Gasteiger partial charge in [0.25, 0.3) is 0 Å². The summed E-state index contributed by atoms with van der Waals surface area (Å²) in [5.41, 5.74) is 1.33. The van der Waals surface area contributed by atoms with E-state index < -0.39 is 0 Å². The summed E-state index contributed by atoms with van der Waals surface area (Å²) in [6.07, 6.45) is 14.5. The summed E-state index contributed by atoms with van der Waals surface area (Å²) in [5, 5.41) is 3.77. The van der Waals surface area contributed by atoms with E-state index in [1.807, 2.05) is 0 Å². The van der Waals surface area contributed by atoms with Crippen molar-refractivity contribution >= 4 is 0 Å². The topological polar surface area (TPSA) is 21.3 Å². The van der Waals surface area contributed by atoms with Gasteiger partial charge in [-0.2, -0.15) is 0 Å². The van der Waals surface area contributed by atoms with E-state index in [2.05, 4.69) is 36.5 Å². The van der Waals surface area contributed by atoms with Crippen LogP contribution >= 0.6 is 0 Å². The monoisotopic (exact) mass is 341 g/mol. The first-order valence-electron chi connectivity index (χ1n) is 10.8. The van der Waals surface area contributed by atoms with E-state index in [1.54, 1.807) is 0 Å². The molecule has 4 rings (SSSR count). The number of benzene rings is 1. The highest BCUT2D eigenvalue weighted by Crippen LogP contribution is 2.46. The molecule has 0 spiro atoms. The molecular weight excluding hydrogens is 306 g/mol. The molecule has 0 aliphatic heterocycles. The van der Waals surface area contributed by atoms with Crippen LogP contribution in [-0.4, -0.2) is 12.1 Å². The molecule has 138 valence electrons. The molecule has 0 aromatic heterocycles. The number of para-hydroxylation sites is 1. The van der Waals surface area contributed by atoms with E-state index in [1.165, 1.54) is 69.8 Å². The zero-order valence-corrected chi connectivity index (χ0v) is 15.9. The molecule has 1 aromatic carbocycles. The van der Waals surface area contributed by atoms with Crippen molar-refractivity contribution in [1.29, 1.82) is 0 Å². The zero-order valence-electron chi connectivity index (χ0n) is 15.9. The molecule has 4 unspecified atom stereocenters. The molecule has 25 heavy (non-hydrogen) atoms. The second-order valence-electron chi connectivity index (χ2n) is 8.96. The van der Waals surface area contributed by atoms with Crippen molar-refractivity contribution < 1.29 is 4.74 Å². The molecule has 3 saturated carbocycles. The lowest BCUT2D eigenvalue weighted by atomic mass is 9.85. The summed E-state index contributed by atoms with van der Waals surface area (Å²) < 4.78 is 6.48. The second kappa shape index (κ2) is 8.12. The minimum absolute atomic E-state index is 0.472. The van der Waals surface area contributed by atoms with Crippen LogP contribution in [0, 0.1) is 17.8 Å². The molecule has 2 bridgehead atoms. The van der Waals surface area contributed by atoms with Gasteiger partial charge in [-0.05, 0) is 62.8 Å². The van der Waals surface area contributed by atoms with Crippen LogP contribution in [0.4, 0.5) is 0 Å². The van der Waals surface area contributed by atoms with Crippen LogP contribution in [0.5, 0.6) is 5.75 Å². The summed E-state index contributed by atoms with van der Waals surface area (Å²) in [6.45, 7) is 3.29. The summed E-state index contributed by atoms with van der Waals surface area (Å²) >= 11 is 0. The van der Waals surface area contributed by atoms with E-state index in [0.29, 0.717) is 12.1 Å². The fourth-order valence-corrected chi connectivity index (χ4v) is 5.55. The third kappa shape index (κ3) is 4.39. The zero-order chi connectivity index (χ0) is 17.1. The molecule has 0 saturated heterocycles. The minimum atomic E-state index is 0.472. The van der Waals surface area contributed by atoms with Crippen molar-refractivity contribution in [2.75, 3.05) is 0 Å². The average molecular weight is 342 g/mol. The van der Waals surface area contributed by atoms with Crippen LogP contribution in [0.2, 0.25) is 0 Å². The fourth-order valence-electron chi connectivity index (χ4n) is 5.55. The Hall–Kier alpha value is -1.02. The fraction of sp³-hybridized carbons (Fsp3) is 0.739. The Balaban J connectivity index is 1.30. The van der Waals surface area contributed by atoms with Gasteiger partial charge in [-0.25, -0.2) is 0 Å². The first kappa shape index (κ1) is 17.4. The molecule has 3 fully saturated rings. The smallest absolute Gasteiger partial charge is 0.124 e. The Morgan fingerprint density at radius 1 is 1.04 bits per heavy atom. The van der Waals surface area contributed by atoms with Crippen molar-refractivity contribution in [2.45, 2.75) is 89.8 Å². The lowest BCUT2D eigenvalue weighted by molar-refractivity contribution is 0.137. The van der Waals surface area contributed by atoms with E-state index in [-0.39, 0.29) is 0 Å². The Morgan fingerprint density at radius 3 is 2.64 bits per heavy atom. The van der Waals surface area contributed by atoms with E-state index in [9.17, 15) is 0 Å². The molecule has 1 N–H and O–H groups in total. The van der Waals surface area contributed by atoms with Crippen LogP contribution < -0.4 is 10.1 Å². The molecule has 2 heteroatoms. The third-order valence-electron chi connectivity index (χ3n) is 6.98. The van der Waals surface area contributed by atoms with E-state index in [0.717, 1.165) is 30.0 Å². The third-order valence-corrected chi connectivity index (χ3v) is 6.98. The maximum Gasteiger partial charge on any atom is 0.124 e. The number of rotatable bonds is 7. The van der Waals surface area contributed by atoms with Crippen LogP contribution in [0.1, 0.15) is 76.7 Å². The number of fused-ring (bicyclic) bond motifs is 2. The molecule has 4 atom stereocenters. The second-order valence-corrected chi connectivity index (χ2v) is 8.96. The molecule has 2 nitrogen and oxygen atoms in total.